The molecule has 60 valence electrons. The Balaban J connectivity index is 0. The number of hydrogen-bond acceptors (Lipinski definition) is 2. The van der Waals surface area contributed by atoms with Crippen molar-refractivity contribution in [3.63, 3.8) is 0 Å². The van der Waals surface area contributed by atoms with Crippen molar-refractivity contribution < 1.29 is 39.5 Å². The Labute approximate surface area is 98.2 Å². The van der Waals surface area contributed by atoms with Crippen molar-refractivity contribution in [2.75, 3.05) is 5.33 Å². The summed E-state index contributed by atoms with van der Waals surface area (Å²) in [6, 6.07) is 0. The van der Waals surface area contributed by atoms with Gasteiger partial charge in [0.15, 0.2) is 0 Å². The van der Waals surface area contributed by atoms with Crippen molar-refractivity contribution >= 4 is 21.9 Å². The van der Waals surface area contributed by atoms with E-state index >= 15 is 0 Å². The van der Waals surface area contributed by atoms with Crippen LogP contribution in [0.25, 0.3) is 0 Å². The number of hydrogen-bond donors (Lipinski definition) is 0. The molecule has 0 amide bonds. The first-order chi connectivity index (χ1) is 4.77. The molecule has 0 spiro atoms. The van der Waals surface area contributed by atoms with Gasteiger partial charge in [0.05, 0.1) is 0 Å². The fraction of sp³-hybridized carbons (Fsp3) is 0.857. The zero-order chi connectivity index (χ0) is 7.82. The van der Waals surface area contributed by atoms with Gasteiger partial charge in [-0.3, -0.25) is 0 Å². The Hall–Kier alpha value is 0.950. The first-order valence-corrected chi connectivity index (χ1v) is 4.65. The van der Waals surface area contributed by atoms with Gasteiger partial charge in [-0.15, -0.1) is 0 Å². The van der Waals surface area contributed by atoms with E-state index in [1.807, 2.05) is 0 Å². The van der Waals surface area contributed by atoms with Gasteiger partial charge in [0, 0.05) is 11.3 Å². The van der Waals surface area contributed by atoms with E-state index in [0.29, 0.717) is 0 Å². The standard InChI is InChI=1S/C7H13BrO2.Na/c8-6-4-2-1-3-5-7(9)10;/h1-6H2,(H,9,10);/q;+1/p-1. The van der Waals surface area contributed by atoms with Gasteiger partial charge >= 0.3 is 29.6 Å². The second-order valence-electron chi connectivity index (χ2n) is 2.23. The van der Waals surface area contributed by atoms with E-state index in [-0.39, 0.29) is 36.0 Å². The first kappa shape index (κ1) is 14.5. The molecule has 0 aromatic rings. The topological polar surface area (TPSA) is 40.1 Å². The van der Waals surface area contributed by atoms with Crippen molar-refractivity contribution in [3.05, 3.63) is 0 Å². The molecule has 0 saturated carbocycles. The predicted octanol–water partition coefficient (Wildman–Crippen LogP) is -1.91. The normalized spacial score (nSPS) is 8.82. The van der Waals surface area contributed by atoms with E-state index < -0.39 is 5.97 Å². The number of alkyl halides is 1. The largest absolute Gasteiger partial charge is 1.00 e. The second-order valence-corrected chi connectivity index (χ2v) is 3.02. The summed E-state index contributed by atoms with van der Waals surface area (Å²) in [4.78, 5) is 9.91. The fourth-order valence-corrected chi connectivity index (χ4v) is 1.11. The molecule has 0 saturated heterocycles. The van der Waals surface area contributed by atoms with Gasteiger partial charge < -0.3 is 9.90 Å². The maximum absolute atomic E-state index is 9.91. The van der Waals surface area contributed by atoms with Crippen molar-refractivity contribution in [2.24, 2.45) is 0 Å². The number of carbonyl (C=O) groups is 1. The Morgan fingerprint density at radius 3 is 2.18 bits per heavy atom. The van der Waals surface area contributed by atoms with Crippen LogP contribution in [0.5, 0.6) is 0 Å². The van der Waals surface area contributed by atoms with Gasteiger partial charge in [0.1, 0.15) is 0 Å². The van der Waals surface area contributed by atoms with Crippen LogP contribution in [-0.4, -0.2) is 11.3 Å². The summed E-state index contributed by atoms with van der Waals surface area (Å²) in [5.74, 6) is -0.932. The molecule has 0 fully saturated rings. The number of carboxylic acid groups (broad SMARTS) is 1. The number of carbonyl (C=O) groups excluding carboxylic acids is 1. The zero-order valence-corrected chi connectivity index (χ0v) is 10.5. The molecule has 4 heteroatoms. The average molecular weight is 231 g/mol. The minimum atomic E-state index is -0.932. The van der Waals surface area contributed by atoms with Crippen LogP contribution in [0.15, 0.2) is 0 Å². The molecule has 0 radical (unpaired) electrons. The quantitative estimate of drug-likeness (QED) is 0.304. The first-order valence-electron chi connectivity index (χ1n) is 3.53. The fourth-order valence-electron chi connectivity index (χ4n) is 0.717. The molecule has 0 bridgehead atoms. The summed E-state index contributed by atoms with van der Waals surface area (Å²) in [6.07, 6.45) is 4.21. The van der Waals surface area contributed by atoms with E-state index in [1.54, 1.807) is 0 Å². The number of halogens is 1. The van der Waals surface area contributed by atoms with Gasteiger partial charge in [-0.25, -0.2) is 0 Å². The van der Waals surface area contributed by atoms with Crippen LogP contribution in [-0.2, 0) is 4.79 Å². The monoisotopic (exact) mass is 230 g/mol. The summed E-state index contributed by atoms with van der Waals surface area (Å²) >= 11 is 3.30. The van der Waals surface area contributed by atoms with Crippen LogP contribution in [0.4, 0.5) is 0 Å². The third-order valence-electron chi connectivity index (χ3n) is 1.26. The number of aliphatic carboxylic acids is 1. The van der Waals surface area contributed by atoms with E-state index in [0.717, 1.165) is 31.0 Å². The van der Waals surface area contributed by atoms with Gasteiger partial charge in [-0.1, -0.05) is 28.8 Å². The Bertz CT molecular complexity index is 98.4. The molecule has 0 rings (SSSR count). The minimum Gasteiger partial charge on any atom is -0.550 e. The third kappa shape index (κ3) is 13.9. The number of rotatable bonds is 6. The molecular formula is C7H12BrNaO2. The third-order valence-corrected chi connectivity index (χ3v) is 1.83. The van der Waals surface area contributed by atoms with Crippen LogP contribution >= 0.6 is 15.9 Å². The Morgan fingerprint density at radius 1 is 1.18 bits per heavy atom. The van der Waals surface area contributed by atoms with Crippen LogP contribution in [0, 0.1) is 0 Å². The van der Waals surface area contributed by atoms with Gasteiger partial charge in [0.25, 0.3) is 0 Å². The molecule has 0 aromatic carbocycles. The zero-order valence-electron chi connectivity index (χ0n) is 6.94. The molecule has 11 heavy (non-hydrogen) atoms. The summed E-state index contributed by atoms with van der Waals surface area (Å²) in [7, 11) is 0. The van der Waals surface area contributed by atoms with E-state index in [4.69, 9.17) is 0 Å². The molecule has 0 aliphatic rings. The van der Waals surface area contributed by atoms with Crippen LogP contribution in [0.1, 0.15) is 32.1 Å². The van der Waals surface area contributed by atoms with Crippen LogP contribution < -0.4 is 34.7 Å². The average Bonchev–Trinajstić information content (AvgIpc) is 1.87. The van der Waals surface area contributed by atoms with Crippen molar-refractivity contribution in [3.8, 4) is 0 Å². The predicted molar refractivity (Wildman–Crippen MR) is 41.9 cm³/mol. The SMILES string of the molecule is O=C([O-])CCCCCCBr.[Na+]. The molecule has 0 aliphatic carbocycles. The second kappa shape index (κ2) is 11.0. The summed E-state index contributed by atoms with van der Waals surface area (Å²) < 4.78 is 0. The molecule has 2 nitrogen and oxygen atoms in total. The van der Waals surface area contributed by atoms with Gasteiger partial charge in [-0.05, 0) is 19.3 Å². The smallest absolute Gasteiger partial charge is 0.550 e. The van der Waals surface area contributed by atoms with Crippen molar-refractivity contribution in [1.29, 1.82) is 0 Å². The van der Waals surface area contributed by atoms with E-state index in [9.17, 15) is 9.90 Å². The molecule has 0 aliphatic heterocycles. The maximum atomic E-state index is 9.91. The Morgan fingerprint density at radius 2 is 1.73 bits per heavy atom. The van der Waals surface area contributed by atoms with E-state index in [2.05, 4.69) is 15.9 Å². The molecule has 0 heterocycles. The molecular weight excluding hydrogens is 219 g/mol. The summed E-state index contributed by atoms with van der Waals surface area (Å²) in [5, 5.41) is 10.9. The van der Waals surface area contributed by atoms with Crippen molar-refractivity contribution in [1.82, 2.24) is 0 Å². The van der Waals surface area contributed by atoms with Crippen LogP contribution in [0.2, 0.25) is 0 Å². The van der Waals surface area contributed by atoms with Gasteiger partial charge in [-0.2, -0.15) is 0 Å². The van der Waals surface area contributed by atoms with Crippen LogP contribution in [0.3, 0.4) is 0 Å². The molecule has 0 atom stereocenters. The summed E-state index contributed by atoms with van der Waals surface area (Å²) in [5.41, 5.74) is 0. The minimum absolute atomic E-state index is 0. The molecule has 0 N–H and O–H groups in total. The summed E-state index contributed by atoms with van der Waals surface area (Å²) in [6.45, 7) is 0. The maximum Gasteiger partial charge on any atom is 1.00 e. The number of carboxylic acids is 1. The van der Waals surface area contributed by atoms with Crippen molar-refractivity contribution in [2.45, 2.75) is 32.1 Å². The molecule has 0 unspecified atom stereocenters. The molecule has 0 aromatic heterocycles. The number of unbranched alkanes of at least 4 members (excludes halogenated alkanes) is 3. The van der Waals surface area contributed by atoms with E-state index in [1.165, 1.54) is 0 Å². The Kier molecular flexibility index (Phi) is 14.4. The van der Waals surface area contributed by atoms with Gasteiger partial charge in [0.2, 0.25) is 0 Å².